The molecule has 1 aliphatic carbocycles. The van der Waals surface area contributed by atoms with Gasteiger partial charge in [0.2, 0.25) is 0 Å². The Labute approximate surface area is 114 Å². The highest BCUT2D eigenvalue weighted by molar-refractivity contribution is 7.29. The van der Waals surface area contributed by atoms with Gasteiger partial charge in [-0.25, -0.2) is 0 Å². The van der Waals surface area contributed by atoms with E-state index in [-0.39, 0.29) is 0 Å². The number of hydrogen-bond acceptors (Lipinski definition) is 0. The molecule has 92 valence electrons. The van der Waals surface area contributed by atoms with Gasteiger partial charge in [-0.3, -0.25) is 0 Å². The molecule has 2 aromatic carbocycles. The molecule has 0 heterocycles. The van der Waals surface area contributed by atoms with Crippen molar-refractivity contribution in [3.8, 4) is 0 Å². The molecule has 2 aromatic rings. The summed E-state index contributed by atoms with van der Waals surface area (Å²) in [5.41, 5.74) is 4.34. The van der Waals surface area contributed by atoms with E-state index in [4.69, 9.17) is 11.1 Å². The third kappa shape index (κ3) is 1.73. The van der Waals surface area contributed by atoms with Gasteiger partial charge in [0.25, 0.3) is 0 Å². The zero-order chi connectivity index (χ0) is 12.9. The number of hydrogen-bond donors (Lipinski definition) is 0. The molecule has 0 atom stereocenters. The fourth-order valence-corrected chi connectivity index (χ4v) is 5.91. The average molecular weight is 273 g/mol. The van der Waals surface area contributed by atoms with Gasteiger partial charge in [-0.1, -0.05) is 55.1 Å². The van der Waals surface area contributed by atoms with Gasteiger partial charge in [-0.2, -0.15) is 11.1 Å². The summed E-state index contributed by atoms with van der Waals surface area (Å²) in [6, 6.07) is 13.1. The normalized spacial score (nSPS) is 15.3. The van der Waals surface area contributed by atoms with Crippen LogP contribution in [0.5, 0.6) is 0 Å². The highest BCUT2D eigenvalue weighted by Gasteiger charge is 2.32. The second-order valence-electron chi connectivity index (χ2n) is 5.63. The Bertz CT molecular complexity index is 662. The van der Waals surface area contributed by atoms with Crippen molar-refractivity contribution in [2.24, 2.45) is 0 Å². The van der Waals surface area contributed by atoms with Gasteiger partial charge in [0.1, 0.15) is 0 Å². The van der Waals surface area contributed by atoms with Crippen LogP contribution >= 0.6 is 11.1 Å². The highest BCUT2D eigenvalue weighted by atomic mass is 35.6. The zero-order valence-corrected chi connectivity index (χ0v) is 12.8. The van der Waals surface area contributed by atoms with Crippen LogP contribution in [0.1, 0.15) is 18.1 Å². The zero-order valence-electron chi connectivity index (χ0n) is 11.0. The number of fused-ring (bicyclic) bond motifs is 3. The third-order valence-electron chi connectivity index (χ3n) is 3.74. The van der Waals surface area contributed by atoms with E-state index in [1.807, 2.05) is 0 Å². The fourth-order valence-electron chi connectivity index (χ4n) is 3.15. The smallest absolute Gasteiger partial charge is 0.161 e. The topological polar surface area (TPSA) is 0 Å². The van der Waals surface area contributed by atoms with E-state index in [1.54, 1.807) is 0 Å². The molecule has 0 bridgehead atoms. The first kappa shape index (κ1) is 12.0. The van der Waals surface area contributed by atoms with Crippen LogP contribution in [-0.4, -0.2) is 7.38 Å². The van der Waals surface area contributed by atoms with Gasteiger partial charge < -0.3 is 0 Å². The quantitative estimate of drug-likeness (QED) is 0.497. The molecule has 3 rings (SSSR count). The fraction of sp³-hybridized carbons (Fsp3) is 0.250. The standard InChI is InChI=1S/C16H17ClSi/c1-11-10-13-9-8-12-6-4-5-7-14(12)15(13)16(11)18(2,3)17/h4-9H,10H2,1-3H3. The van der Waals surface area contributed by atoms with Crippen LogP contribution in [0.15, 0.2) is 42.0 Å². The molecule has 0 fully saturated rings. The molecule has 0 spiro atoms. The molecule has 0 saturated heterocycles. The van der Waals surface area contributed by atoms with E-state index in [0.717, 1.165) is 6.42 Å². The Kier molecular flexibility index (Phi) is 2.65. The van der Waals surface area contributed by atoms with Crippen LogP contribution in [0.25, 0.3) is 16.0 Å². The SMILES string of the molecule is CC1=C([Si](C)(C)Cl)c2c(ccc3ccccc23)C1. The van der Waals surface area contributed by atoms with Crippen LogP contribution in [0.2, 0.25) is 13.1 Å². The van der Waals surface area contributed by atoms with Crippen molar-refractivity contribution in [2.45, 2.75) is 26.4 Å². The number of allylic oxidation sites excluding steroid dienone is 1. The van der Waals surface area contributed by atoms with Crippen molar-refractivity contribution < 1.29 is 0 Å². The molecule has 0 nitrogen and oxygen atoms in total. The Hall–Kier alpha value is -1.05. The van der Waals surface area contributed by atoms with Gasteiger partial charge in [-0.15, -0.1) is 0 Å². The molecule has 0 aliphatic heterocycles. The van der Waals surface area contributed by atoms with E-state index in [2.05, 4.69) is 56.4 Å². The predicted octanol–water partition coefficient (Wildman–Crippen LogP) is 5.15. The molecule has 2 heteroatoms. The Balaban J connectivity index is 2.38. The molecular weight excluding hydrogens is 256 g/mol. The van der Waals surface area contributed by atoms with Crippen molar-refractivity contribution in [1.82, 2.24) is 0 Å². The molecular formula is C16H17ClSi. The lowest BCUT2D eigenvalue weighted by atomic mass is 10.0. The largest absolute Gasteiger partial charge is 0.181 e. The lowest BCUT2D eigenvalue weighted by Crippen LogP contribution is -2.19. The number of benzene rings is 2. The molecule has 1 aliphatic rings. The minimum absolute atomic E-state index is 1.07. The Morgan fingerprint density at radius 1 is 1.06 bits per heavy atom. The highest BCUT2D eigenvalue weighted by Crippen LogP contribution is 2.43. The maximum atomic E-state index is 6.74. The summed E-state index contributed by atoms with van der Waals surface area (Å²) in [7, 11) is -1.80. The predicted molar refractivity (Wildman–Crippen MR) is 83.6 cm³/mol. The van der Waals surface area contributed by atoms with E-state index in [1.165, 1.54) is 32.7 Å². The molecule has 18 heavy (non-hydrogen) atoms. The summed E-state index contributed by atoms with van der Waals surface area (Å²) in [6.45, 7) is 6.69. The van der Waals surface area contributed by atoms with E-state index in [9.17, 15) is 0 Å². The van der Waals surface area contributed by atoms with Gasteiger partial charge in [0, 0.05) is 0 Å². The number of halogens is 1. The van der Waals surface area contributed by atoms with Crippen molar-refractivity contribution in [2.75, 3.05) is 0 Å². The monoisotopic (exact) mass is 272 g/mol. The van der Waals surface area contributed by atoms with Crippen molar-refractivity contribution in [1.29, 1.82) is 0 Å². The van der Waals surface area contributed by atoms with Gasteiger partial charge >= 0.3 is 0 Å². The summed E-state index contributed by atoms with van der Waals surface area (Å²) in [5, 5.41) is 4.14. The Morgan fingerprint density at radius 3 is 2.50 bits per heavy atom. The number of rotatable bonds is 1. The van der Waals surface area contributed by atoms with Crippen LogP contribution in [0.3, 0.4) is 0 Å². The summed E-state index contributed by atoms with van der Waals surface area (Å²) in [4.78, 5) is 0. The molecule has 0 saturated carbocycles. The lowest BCUT2D eigenvalue weighted by Gasteiger charge is -2.19. The first-order valence-corrected chi connectivity index (χ1v) is 10.4. The second kappa shape index (κ2) is 3.97. The average Bonchev–Trinajstić information content (AvgIpc) is 2.65. The maximum Gasteiger partial charge on any atom is 0.181 e. The van der Waals surface area contributed by atoms with Crippen molar-refractivity contribution >= 4 is 34.4 Å². The minimum Gasteiger partial charge on any atom is -0.161 e. The molecule has 0 radical (unpaired) electrons. The minimum atomic E-state index is -1.80. The van der Waals surface area contributed by atoms with Gasteiger partial charge in [0.15, 0.2) is 7.38 Å². The van der Waals surface area contributed by atoms with Crippen LogP contribution in [0, 0.1) is 0 Å². The van der Waals surface area contributed by atoms with Gasteiger partial charge in [0.05, 0.1) is 0 Å². The molecule has 0 unspecified atom stereocenters. The van der Waals surface area contributed by atoms with E-state index < -0.39 is 7.38 Å². The van der Waals surface area contributed by atoms with Crippen molar-refractivity contribution in [3.63, 3.8) is 0 Å². The van der Waals surface area contributed by atoms with E-state index in [0.29, 0.717) is 0 Å². The van der Waals surface area contributed by atoms with Crippen molar-refractivity contribution in [3.05, 3.63) is 53.1 Å². The first-order valence-electron chi connectivity index (χ1n) is 6.38. The van der Waals surface area contributed by atoms with Crippen LogP contribution in [-0.2, 0) is 6.42 Å². The summed E-state index contributed by atoms with van der Waals surface area (Å²) >= 11 is 6.74. The first-order chi connectivity index (χ1) is 8.48. The third-order valence-corrected chi connectivity index (χ3v) is 6.17. The lowest BCUT2D eigenvalue weighted by molar-refractivity contribution is 1.20. The summed E-state index contributed by atoms with van der Waals surface area (Å²) in [5.74, 6) is 0. The van der Waals surface area contributed by atoms with Gasteiger partial charge in [-0.05, 0) is 40.4 Å². The second-order valence-corrected chi connectivity index (χ2v) is 11.9. The molecule has 0 aromatic heterocycles. The maximum absolute atomic E-state index is 6.74. The molecule has 0 amide bonds. The van der Waals surface area contributed by atoms with Crippen LogP contribution in [0.4, 0.5) is 0 Å². The Morgan fingerprint density at radius 2 is 1.78 bits per heavy atom. The van der Waals surface area contributed by atoms with E-state index >= 15 is 0 Å². The summed E-state index contributed by atoms with van der Waals surface area (Å²) in [6.07, 6.45) is 1.07. The molecule has 0 N–H and O–H groups in total. The summed E-state index contributed by atoms with van der Waals surface area (Å²) < 4.78 is 0. The van der Waals surface area contributed by atoms with Crippen LogP contribution < -0.4 is 0 Å².